The van der Waals surface area contributed by atoms with Crippen LogP contribution in [0.3, 0.4) is 0 Å². The Morgan fingerprint density at radius 3 is 2.60 bits per heavy atom. The molecule has 5 heteroatoms. The van der Waals surface area contributed by atoms with E-state index in [1.54, 1.807) is 24.3 Å². The number of carboxylic acids is 1. The molecule has 0 saturated carbocycles. The highest BCUT2D eigenvalue weighted by molar-refractivity contribution is 5.99. The first-order valence-electron chi connectivity index (χ1n) is 4.42. The Morgan fingerprint density at radius 1 is 1.33 bits per heavy atom. The second-order valence-electron chi connectivity index (χ2n) is 2.87. The van der Waals surface area contributed by atoms with Crippen molar-refractivity contribution < 1.29 is 14.7 Å². The monoisotopic (exact) mass is 208 g/mol. The van der Waals surface area contributed by atoms with Crippen molar-refractivity contribution in [1.82, 2.24) is 5.32 Å². The smallest absolute Gasteiger partial charge is 0.322 e. The van der Waals surface area contributed by atoms with E-state index >= 15 is 0 Å². The molecule has 0 aliphatic rings. The van der Waals surface area contributed by atoms with Crippen LogP contribution in [0, 0.1) is 0 Å². The number of nitrogens with one attached hydrogen (secondary N) is 2. The van der Waals surface area contributed by atoms with Gasteiger partial charge in [0.05, 0.1) is 5.56 Å². The Labute approximate surface area is 87.1 Å². The van der Waals surface area contributed by atoms with Gasteiger partial charge in [0.2, 0.25) is 0 Å². The molecule has 0 radical (unpaired) electrons. The molecule has 1 aromatic carbocycles. The number of hydrogen-bond acceptors (Lipinski definition) is 3. The third kappa shape index (κ3) is 2.98. The number of para-hydroxylation sites is 1. The first kappa shape index (κ1) is 11.0. The van der Waals surface area contributed by atoms with Gasteiger partial charge in [0, 0.05) is 12.7 Å². The first-order valence-corrected chi connectivity index (χ1v) is 4.42. The molecule has 0 saturated heterocycles. The molecule has 1 aromatic rings. The third-order valence-electron chi connectivity index (χ3n) is 1.83. The Hall–Kier alpha value is -2.04. The number of anilines is 1. The third-order valence-corrected chi connectivity index (χ3v) is 1.83. The second kappa shape index (κ2) is 4.99. The summed E-state index contributed by atoms with van der Waals surface area (Å²) < 4.78 is 0. The SMILES string of the molecule is CNC(=O)c1ccccc1NCC(=O)O. The highest BCUT2D eigenvalue weighted by Crippen LogP contribution is 2.14. The van der Waals surface area contributed by atoms with E-state index in [0.717, 1.165) is 0 Å². The highest BCUT2D eigenvalue weighted by Gasteiger charge is 2.08. The molecule has 0 aliphatic heterocycles. The zero-order valence-corrected chi connectivity index (χ0v) is 8.28. The predicted octanol–water partition coefficient (Wildman–Crippen LogP) is 0.543. The maximum atomic E-state index is 11.4. The van der Waals surface area contributed by atoms with E-state index in [1.807, 2.05) is 0 Å². The molecule has 3 N–H and O–H groups in total. The number of benzene rings is 1. The van der Waals surface area contributed by atoms with Crippen LogP contribution < -0.4 is 10.6 Å². The van der Waals surface area contributed by atoms with E-state index in [1.165, 1.54) is 7.05 Å². The second-order valence-corrected chi connectivity index (χ2v) is 2.87. The van der Waals surface area contributed by atoms with E-state index in [4.69, 9.17) is 5.11 Å². The van der Waals surface area contributed by atoms with Crippen molar-refractivity contribution in [3.63, 3.8) is 0 Å². The molecule has 0 aliphatic carbocycles. The molecule has 0 heterocycles. The molecular weight excluding hydrogens is 196 g/mol. The summed E-state index contributed by atoms with van der Waals surface area (Å²) >= 11 is 0. The molecule has 0 aromatic heterocycles. The van der Waals surface area contributed by atoms with Crippen LogP contribution in [-0.4, -0.2) is 30.6 Å². The summed E-state index contributed by atoms with van der Waals surface area (Å²) in [5.41, 5.74) is 0.945. The first-order chi connectivity index (χ1) is 7.15. The summed E-state index contributed by atoms with van der Waals surface area (Å²) in [5.74, 6) is -1.22. The molecule has 1 amide bonds. The van der Waals surface area contributed by atoms with Crippen molar-refractivity contribution in [1.29, 1.82) is 0 Å². The van der Waals surface area contributed by atoms with E-state index in [0.29, 0.717) is 11.3 Å². The van der Waals surface area contributed by atoms with Crippen molar-refractivity contribution >= 4 is 17.6 Å². The minimum absolute atomic E-state index is 0.214. The fourth-order valence-corrected chi connectivity index (χ4v) is 1.14. The van der Waals surface area contributed by atoms with E-state index < -0.39 is 5.97 Å². The van der Waals surface area contributed by atoms with Gasteiger partial charge in [-0.05, 0) is 12.1 Å². The fraction of sp³-hybridized carbons (Fsp3) is 0.200. The average molecular weight is 208 g/mol. The molecule has 0 fully saturated rings. The fourth-order valence-electron chi connectivity index (χ4n) is 1.14. The van der Waals surface area contributed by atoms with Gasteiger partial charge in [0.15, 0.2) is 0 Å². The van der Waals surface area contributed by atoms with Gasteiger partial charge in [-0.15, -0.1) is 0 Å². The van der Waals surface area contributed by atoms with Gasteiger partial charge in [-0.3, -0.25) is 9.59 Å². The maximum absolute atomic E-state index is 11.4. The summed E-state index contributed by atoms with van der Waals surface area (Å²) in [4.78, 5) is 21.7. The van der Waals surface area contributed by atoms with E-state index in [-0.39, 0.29) is 12.5 Å². The largest absolute Gasteiger partial charge is 0.480 e. The van der Waals surface area contributed by atoms with Crippen LogP contribution in [-0.2, 0) is 4.79 Å². The van der Waals surface area contributed by atoms with Gasteiger partial charge in [-0.25, -0.2) is 0 Å². The number of hydrogen-bond donors (Lipinski definition) is 3. The zero-order chi connectivity index (χ0) is 11.3. The van der Waals surface area contributed by atoms with Crippen molar-refractivity contribution in [2.45, 2.75) is 0 Å². The standard InChI is InChI=1S/C10H12N2O3/c1-11-10(15)7-4-2-3-5-8(7)12-6-9(13)14/h2-5,12H,6H2,1H3,(H,11,15)(H,13,14). The van der Waals surface area contributed by atoms with Crippen molar-refractivity contribution in [2.24, 2.45) is 0 Å². The number of aliphatic carboxylic acids is 1. The van der Waals surface area contributed by atoms with Crippen LogP contribution in [0.4, 0.5) is 5.69 Å². The Bertz CT molecular complexity index is 377. The molecule has 0 bridgehead atoms. The number of amides is 1. The van der Waals surface area contributed by atoms with Gasteiger partial charge in [0.1, 0.15) is 6.54 Å². The van der Waals surface area contributed by atoms with Gasteiger partial charge in [0.25, 0.3) is 5.91 Å². The molecule has 80 valence electrons. The maximum Gasteiger partial charge on any atom is 0.322 e. The minimum atomic E-state index is -0.971. The van der Waals surface area contributed by atoms with Crippen LogP contribution in [0.5, 0.6) is 0 Å². The van der Waals surface area contributed by atoms with E-state index in [9.17, 15) is 9.59 Å². The van der Waals surface area contributed by atoms with Gasteiger partial charge in [-0.2, -0.15) is 0 Å². The lowest BCUT2D eigenvalue weighted by Crippen LogP contribution is -2.21. The normalized spacial score (nSPS) is 9.40. The summed E-state index contributed by atoms with van der Waals surface area (Å²) in [6.07, 6.45) is 0. The summed E-state index contributed by atoms with van der Waals surface area (Å²) in [7, 11) is 1.52. The lowest BCUT2D eigenvalue weighted by atomic mass is 10.1. The molecular formula is C10H12N2O3. The minimum Gasteiger partial charge on any atom is -0.480 e. The Morgan fingerprint density at radius 2 is 2.00 bits per heavy atom. The number of carbonyl (C=O) groups is 2. The molecule has 15 heavy (non-hydrogen) atoms. The Kier molecular flexibility index (Phi) is 3.68. The number of carboxylic acid groups (broad SMARTS) is 1. The van der Waals surface area contributed by atoms with Gasteiger partial charge >= 0.3 is 5.97 Å². The molecule has 5 nitrogen and oxygen atoms in total. The van der Waals surface area contributed by atoms with Crippen molar-refractivity contribution in [3.8, 4) is 0 Å². The number of carbonyl (C=O) groups excluding carboxylic acids is 1. The van der Waals surface area contributed by atoms with Gasteiger partial charge < -0.3 is 15.7 Å². The molecule has 0 spiro atoms. The Balaban J connectivity index is 2.86. The lowest BCUT2D eigenvalue weighted by molar-refractivity contribution is -0.134. The molecule has 0 unspecified atom stereocenters. The van der Waals surface area contributed by atoms with Crippen LogP contribution >= 0.6 is 0 Å². The highest BCUT2D eigenvalue weighted by atomic mass is 16.4. The quantitative estimate of drug-likeness (QED) is 0.675. The zero-order valence-electron chi connectivity index (χ0n) is 8.28. The number of rotatable bonds is 4. The van der Waals surface area contributed by atoms with Crippen LogP contribution in [0.15, 0.2) is 24.3 Å². The van der Waals surface area contributed by atoms with Crippen LogP contribution in [0.25, 0.3) is 0 Å². The topological polar surface area (TPSA) is 78.4 Å². The molecule has 1 rings (SSSR count). The van der Waals surface area contributed by atoms with Crippen LogP contribution in [0.1, 0.15) is 10.4 Å². The summed E-state index contributed by atoms with van der Waals surface area (Å²) in [5, 5.41) is 13.6. The molecule has 0 atom stereocenters. The average Bonchev–Trinajstić information content (AvgIpc) is 2.25. The van der Waals surface area contributed by atoms with Crippen molar-refractivity contribution in [2.75, 3.05) is 18.9 Å². The van der Waals surface area contributed by atoms with Gasteiger partial charge in [-0.1, -0.05) is 12.1 Å². The van der Waals surface area contributed by atoms with E-state index in [2.05, 4.69) is 10.6 Å². The predicted molar refractivity (Wildman–Crippen MR) is 56.0 cm³/mol. The summed E-state index contributed by atoms with van der Waals surface area (Å²) in [6.45, 7) is -0.214. The van der Waals surface area contributed by atoms with Crippen molar-refractivity contribution in [3.05, 3.63) is 29.8 Å². The lowest BCUT2D eigenvalue weighted by Gasteiger charge is -2.08. The summed E-state index contributed by atoms with van der Waals surface area (Å²) in [6, 6.07) is 6.74. The van der Waals surface area contributed by atoms with Crippen LogP contribution in [0.2, 0.25) is 0 Å².